The van der Waals surface area contributed by atoms with E-state index in [-0.39, 0.29) is 6.04 Å². The lowest BCUT2D eigenvalue weighted by Gasteiger charge is -2.14. The van der Waals surface area contributed by atoms with Gasteiger partial charge in [-0.25, -0.2) is 9.97 Å². The summed E-state index contributed by atoms with van der Waals surface area (Å²) in [6.07, 6.45) is 3.59. The maximum atomic E-state index is 4.22. The SMILES string of the molecule is CC(Nc1ncc(I)cn1)c1cccc(Br)c1. The van der Waals surface area contributed by atoms with Gasteiger partial charge in [0.2, 0.25) is 5.95 Å². The maximum Gasteiger partial charge on any atom is 0.223 e. The molecule has 2 rings (SSSR count). The molecule has 2 aromatic rings. The molecule has 0 saturated heterocycles. The van der Waals surface area contributed by atoms with Gasteiger partial charge in [-0.15, -0.1) is 0 Å². The van der Waals surface area contributed by atoms with Crippen LogP contribution in [0.25, 0.3) is 0 Å². The van der Waals surface area contributed by atoms with Crippen molar-refractivity contribution in [1.82, 2.24) is 9.97 Å². The van der Waals surface area contributed by atoms with Crippen LogP contribution in [-0.4, -0.2) is 9.97 Å². The van der Waals surface area contributed by atoms with Gasteiger partial charge in [0.1, 0.15) is 0 Å². The Hall–Kier alpha value is -0.690. The topological polar surface area (TPSA) is 37.8 Å². The van der Waals surface area contributed by atoms with Crippen molar-refractivity contribution in [3.63, 3.8) is 0 Å². The van der Waals surface area contributed by atoms with Crippen molar-refractivity contribution >= 4 is 44.5 Å². The van der Waals surface area contributed by atoms with E-state index in [1.807, 2.05) is 12.1 Å². The molecule has 1 aromatic carbocycles. The molecule has 0 saturated carbocycles. The predicted molar refractivity (Wildman–Crippen MR) is 80.9 cm³/mol. The van der Waals surface area contributed by atoms with Gasteiger partial charge in [0.15, 0.2) is 0 Å². The Morgan fingerprint density at radius 3 is 2.65 bits per heavy atom. The summed E-state index contributed by atoms with van der Waals surface area (Å²) in [5.74, 6) is 0.651. The second-order valence-corrected chi connectivity index (χ2v) is 5.81. The first-order valence-electron chi connectivity index (χ1n) is 5.14. The first-order valence-corrected chi connectivity index (χ1v) is 7.02. The summed E-state index contributed by atoms with van der Waals surface area (Å²) in [5, 5.41) is 3.27. The second-order valence-electron chi connectivity index (χ2n) is 3.65. The summed E-state index contributed by atoms with van der Waals surface area (Å²) in [4.78, 5) is 8.45. The van der Waals surface area contributed by atoms with Crippen molar-refractivity contribution in [2.24, 2.45) is 0 Å². The van der Waals surface area contributed by atoms with Crippen molar-refractivity contribution in [1.29, 1.82) is 0 Å². The Morgan fingerprint density at radius 2 is 2.00 bits per heavy atom. The molecule has 0 fully saturated rings. The fourth-order valence-electron chi connectivity index (χ4n) is 1.44. The smallest absolute Gasteiger partial charge is 0.223 e. The monoisotopic (exact) mass is 403 g/mol. The van der Waals surface area contributed by atoms with Gasteiger partial charge in [-0.1, -0.05) is 28.1 Å². The van der Waals surface area contributed by atoms with Crippen LogP contribution in [0.3, 0.4) is 0 Å². The molecule has 1 unspecified atom stereocenters. The van der Waals surface area contributed by atoms with Gasteiger partial charge >= 0.3 is 0 Å². The van der Waals surface area contributed by atoms with Gasteiger partial charge in [0, 0.05) is 20.4 Å². The molecule has 1 atom stereocenters. The highest BCUT2D eigenvalue weighted by atomic mass is 127. The highest BCUT2D eigenvalue weighted by Crippen LogP contribution is 2.20. The Balaban J connectivity index is 2.11. The summed E-state index contributed by atoms with van der Waals surface area (Å²) < 4.78 is 2.11. The minimum absolute atomic E-state index is 0.174. The minimum atomic E-state index is 0.174. The van der Waals surface area contributed by atoms with Crippen LogP contribution in [0.4, 0.5) is 5.95 Å². The summed E-state index contributed by atoms with van der Waals surface area (Å²) in [7, 11) is 0. The lowest BCUT2D eigenvalue weighted by molar-refractivity contribution is 0.858. The van der Waals surface area contributed by atoms with Crippen molar-refractivity contribution < 1.29 is 0 Å². The lowest BCUT2D eigenvalue weighted by Crippen LogP contribution is -2.09. The van der Waals surface area contributed by atoms with E-state index in [0.717, 1.165) is 8.04 Å². The highest BCUT2D eigenvalue weighted by molar-refractivity contribution is 14.1. The molecular weight excluding hydrogens is 393 g/mol. The van der Waals surface area contributed by atoms with E-state index >= 15 is 0 Å². The number of hydrogen-bond donors (Lipinski definition) is 1. The van der Waals surface area contributed by atoms with Crippen LogP contribution in [-0.2, 0) is 0 Å². The van der Waals surface area contributed by atoms with E-state index in [1.165, 1.54) is 5.56 Å². The second kappa shape index (κ2) is 5.77. The molecule has 1 aromatic heterocycles. The summed E-state index contributed by atoms with van der Waals surface area (Å²) >= 11 is 5.65. The number of nitrogens with zero attached hydrogens (tertiary/aromatic N) is 2. The van der Waals surface area contributed by atoms with Crippen LogP contribution >= 0.6 is 38.5 Å². The maximum absolute atomic E-state index is 4.22. The van der Waals surface area contributed by atoms with E-state index in [9.17, 15) is 0 Å². The first-order chi connectivity index (χ1) is 8.15. The van der Waals surface area contributed by atoms with Crippen LogP contribution in [0.15, 0.2) is 41.1 Å². The van der Waals surface area contributed by atoms with Gasteiger partial charge in [-0.2, -0.15) is 0 Å². The van der Waals surface area contributed by atoms with E-state index in [4.69, 9.17) is 0 Å². The quantitative estimate of drug-likeness (QED) is 0.786. The fraction of sp³-hybridized carbons (Fsp3) is 0.167. The largest absolute Gasteiger partial charge is 0.348 e. The number of nitrogens with one attached hydrogen (secondary N) is 1. The predicted octanol–water partition coefficient (Wildman–Crippen LogP) is 4.02. The zero-order valence-corrected chi connectivity index (χ0v) is 12.9. The molecule has 3 nitrogen and oxygen atoms in total. The summed E-state index contributed by atoms with van der Waals surface area (Å²) in [5.41, 5.74) is 1.20. The number of benzene rings is 1. The van der Waals surface area contributed by atoms with Gasteiger partial charge < -0.3 is 5.32 Å². The Bertz CT molecular complexity index is 501. The average molecular weight is 404 g/mol. The van der Waals surface area contributed by atoms with Crippen molar-refractivity contribution in [2.45, 2.75) is 13.0 Å². The first kappa shape index (κ1) is 12.8. The summed E-state index contributed by atoms with van der Waals surface area (Å²) in [6.45, 7) is 2.09. The van der Waals surface area contributed by atoms with Gasteiger partial charge in [-0.05, 0) is 47.2 Å². The number of anilines is 1. The van der Waals surface area contributed by atoms with Crippen molar-refractivity contribution in [3.8, 4) is 0 Å². The third-order valence-corrected chi connectivity index (χ3v) is 3.36. The molecule has 0 aliphatic rings. The molecule has 17 heavy (non-hydrogen) atoms. The van der Waals surface area contributed by atoms with Gasteiger partial charge in [-0.3, -0.25) is 0 Å². The minimum Gasteiger partial charge on any atom is -0.348 e. The molecule has 0 radical (unpaired) electrons. The summed E-state index contributed by atoms with van der Waals surface area (Å²) in [6, 6.07) is 8.37. The van der Waals surface area contributed by atoms with Crippen molar-refractivity contribution in [2.75, 3.05) is 5.32 Å². The van der Waals surface area contributed by atoms with Crippen LogP contribution < -0.4 is 5.32 Å². The lowest BCUT2D eigenvalue weighted by atomic mass is 10.1. The third kappa shape index (κ3) is 3.64. The van der Waals surface area contributed by atoms with Gasteiger partial charge in [0.05, 0.1) is 6.04 Å². The average Bonchev–Trinajstić information content (AvgIpc) is 2.32. The standard InChI is InChI=1S/C12H11BrIN3/c1-8(9-3-2-4-10(13)5-9)17-12-15-6-11(14)7-16-12/h2-8H,1H3,(H,15,16,17). The normalized spacial score (nSPS) is 12.2. The molecule has 0 spiro atoms. The Kier molecular flexibility index (Phi) is 4.33. The van der Waals surface area contributed by atoms with Gasteiger partial charge in [0.25, 0.3) is 0 Å². The van der Waals surface area contributed by atoms with Crippen LogP contribution in [0.2, 0.25) is 0 Å². The fourth-order valence-corrected chi connectivity index (χ4v) is 2.14. The molecular formula is C12H11BrIN3. The van der Waals surface area contributed by atoms with Crippen molar-refractivity contribution in [3.05, 3.63) is 50.3 Å². The van der Waals surface area contributed by atoms with E-state index < -0.39 is 0 Å². The zero-order chi connectivity index (χ0) is 12.3. The Morgan fingerprint density at radius 1 is 1.29 bits per heavy atom. The zero-order valence-electron chi connectivity index (χ0n) is 9.19. The number of hydrogen-bond acceptors (Lipinski definition) is 3. The third-order valence-electron chi connectivity index (χ3n) is 2.31. The molecule has 5 heteroatoms. The Labute approximate surface area is 122 Å². The molecule has 88 valence electrons. The van der Waals surface area contributed by atoms with Crippen LogP contribution in [0, 0.1) is 3.57 Å². The molecule has 1 heterocycles. The molecule has 1 N–H and O–H groups in total. The number of aromatic nitrogens is 2. The van der Waals surface area contributed by atoms with Crippen LogP contribution in [0.5, 0.6) is 0 Å². The number of halogens is 2. The number of rotatable bonds is 3. The van der Waals surface area contributed by atoms with Crippen LogP contribution in [0.1, 0.15) is 18.5 Å². The van der Waals surface area contributed by atoms with E-state index in [2.05, 4.69) is 72.9 Å². The van der Waals surface area contributed by atoms with E-state index in [0.29, 0.717) is 5.95 Å². The highest BCUT2D eigenvalue weighted by Gasteiger charge is 2.06. The van der Waals surface area contributed by atoms with E-state index in [1.54, 1.807) is 12.4 Å². The molecule has 0 aliphatic carbocycles. The molecule has 0 aliphatic heterocycles. The molecule has 0 bridgehead atoms. The molecule has 0 amide bonds.